The first-order valence-corrected chi connectivity index (χ1v) is 4.30. The minimum atomic E-state index is 0.122. The van der Waals surface area contributed by atoms with E-state index in [0.717, 1.165) is 17.8 Å². The van der Waals surface area contributed by atoms with Crippen molar-refractivity contribution < 1.29 is 0 Å². The highest BCUT2D eigenvalue weighted by Gasteiger charge is 2.61. The molecule has 0 radical (unpaired) electrons. The van der Waals surface area contributed by atoms with E-state index in [4.69, 9.17) is 0 Å². The third kappa shape index (κ3) is 0.481. The van der Waals surface area contributed by atoms with E-state index in [9.17, 15) is 0 Å². The largest absolute Gasteiger partial charge is 0.189 e. The van der Waals surface area contributed by atoms with Gasteiger partial charge in [0.1, 0.15) is 0 Å². The predicted molar refractivity (Wildman–Crippen MR) is 42.3 cm³/mol. The third-order valence-electron chi connectivity index (χ3n) is 3.44. The number of nitrogens with zero attached hydrogens (tertiary/aromatic N) is 2. The van der Waals surface area contributed by atoms with Crippen molar-refractivity contribution >= 4 is 0 Å². The second-order valence-corrected chi connectivity index (χ2v) is 4.43. The van der Waals surface area contributed by atoms with Crippen molar-refractivity contribution in [3.8, 4) is 0 Å². The summed E-state index contributed by atoms with van der Waals surface area (Å²) in [5.41, 5.74) is 0.122. The summed E-state index contributed by atoms with van der Waals surface area (Å²) >= 11 is 0. The van der Waals surface area contributed by atoms with Crippen molar-refractivity contribution in [2.24, 2.45) is 28.0 Å². The highest BCUT2D eigenvalue weighted by Crippen LogP contribution is 2.58. The molecule has 1 saturated carbocycles. The van der Waals surface area contributed by atoms with E-state index in [1.165, 1.54) is 0 Å². The Bertz CT molecular complexity index is 265. The molecule has 58 valence electrons. The van der Waals surface area contributed by atoms with Gasteiger partial charge in [0.05, 0.1) is 11.6 Å². The Balaban J connectivity index is 1.99. The van der Waals surface area contributed by atoms with Gasteiger partial charge in [-0.25, -0.2) is 0 Å². The fourth-order valence-corrected chi connectivity index (χ4v) is 2.71. The lowest BCUT2D eigenvalue weighted by Gasteiger charge is -2.52. The van der Waals surface area contributed by atoms with E-state index in [1.54, 1.807) is 0 Å². The second kappa shape index (κ2) is 1.43. The van der Waals surface area contributed by atoms with Crippen molar-refractivity contribution in [3.63, 3.8) is 0 Å². The summed E-state index contributed by atoms with van der Waals surface area (Å²) in [5, 5.41) is 8.63. The minimum absolute atomic E-state index is 0.122. The van der Waals surface area contributed by atoms with Gasteiger partial charge in [-0.2, -0.15) is 10.2 Å². The Hall–Kier alpha value is -0.660. The Morgan fingerprint density at radius 3 is 2.45 bits per heavy atom. The lowest BCUT2D eigenvalue weighted by molar-refractivity contribution is 0.0626. The zero-order valence-corrected chi connectivity index (χ0v) is 6.86. The molecular formula is C9H12N2. The Morgan fingerprint density at radius 1 is 1.18 bits per heavy atom. The fourth-order valence-electron chi connectivity index (χ4n) is 2.71. The SMILES string of the molecule is CC1(C)N=N[C@@H]2[C@H]3C=C[C@H]3[C@@H]21. The van der Waals surface area contributed by atoms with Crippen LogP contribution in [0.4, 0.5) is 0 Å². The van der Waals surface area contributed by atoms with Crippen LogP contribution in [0.1, 0.15) is 13.8 Å². The molecule has 3 rings (SSSR count). The third-order valence-corrected chi connectivity index (χ3v) is 3.44. The van der Waals surface area contributed by atoms with Crippen molar-refractivity contribution in [1.29, 1.82) is 0 Å². The van der Waals surface area contributed by atoms with Crippen LogP contribution < -0.4 is 0 Å². The highest BCUT2D eigenvalue weighted by atomic mass is 15.2. The predicted octanol–water partition coefficient (Wildman–Crippen LogP) is 2.03. The maximum absolute atomic E-state index is 4.32. The number of hydrogen-bond donors (Lipinski definition) is 0. The molecular weight excluding hydrogens is 136 g/mol. The van der Waals surface area contributed by atoms with E-state index in [0.29, 0.717) is 6.04 Å². The molecule has 0 unspecified atom stereocenters. The molecule has 0 aromatic heterocycles. The van der Waals surface area contributed by atoms with Gasteiger partial charge in [0.25, 0.3) is 0 Å². The summed E-state index contributed by atoms with van der Waals surface area (Å²) in [5.74, 6) is 2.29. The molecule has 0 spiro atoms. The lowest BCUT2D eigenvalue weighted by Crippen LogP contribution is -2.56. The molecule has 3 aliphatic rings. The van der Waals surface area contributed by atoms with Gasteiger partial charge in [0.15, 0.2) is 0 Å². The van der Waals surface area contributed by atoms with Crippen molar-refractivity contribution in [1.82, 2.24) is 0 Å². The van der Waals surface area contributed by atoms with Crippen LogP contribution in [0.3, 0.4) is 0 Å². The minimum Gasteiger partial charge on any atom is -0.189 e. The van der Waals surface area contributed by atoms with Crippen LogP contribution in [0.5, 0.6) is 0 Å². The van der Waals surface area contributed by atoms with Gasteiger partial charge in [-0.1, -0.05) is 12.2 Å². The lowest BCUT2D eigenvalue weighted by atomic mass is 9.51. The zero-order valence-electron chi connectivity index (χ0n) is 6.86. The average molecular weight is 148 g/mol. The van der Waals surface area contributed by atoms with E-state index < -0.39 is 0 Å². The van der Waals surface area contributed by atoms with E-state index in [2.05, 4.69) is 36.2 Å². The summed E-state index contributed by atoms with van der Waals surface area (Å²) in [6, 6.07) is 0.542. The molecule has 2 aliphatic carbocycles. The number of fused-ring (bicyclic) bond motifs is 4. The average Bonchev–Trinajstić information content (AvgIpc) is 2.10. The summed E-state index contributed by atoms with van der Waals surface area (Å²) in [6.07, 6.45) is 4.61. The Kier molecular flexibility index (Phi) is 0.768. The van der Waals surface area contributed by atoms with Crippen LogP contribution in [0, 0.1) is 17.8 Å². The van der Waals surface area contributed by atoms with Gasteiger partial charge in [-0.05, 0) is 19.8 Å². The first-order chi connectivity index (χ1) is 5.20. The number of allylic oxidation sites excluding steroid dienone is 1. The van der Waals surface area contributed by atoms with E-state index in [1.807, 2.05) is 0 Å². The standard InChI is InChI=1S/C9H12N2/c1-9(2)7-5-3-4-6(5)8(7)10-11-9/h3-8H,1-2H3/t5-,6+,7+,8-/m1/s1. The Morgan fingerprint density at radius 2 is 1.91 bits per heavy atom. The highest BCUT2D eigenvalue weighted by molar-refractivity contribution is 5.29. The summed E-state index contributed by atoms with van der Waals surface area (Å²) < 4.78 is 0. The molecule has 4 atom stereocenters. The van der Waals surface area contributed by atoms with Gasteiger partial charge in [-0.15, -0.1) is 0 Å². The molecule has 11 heavy (non-hydrogen) atoms. The monoisotopic (exact) mass is 148 g/mol. The first kappa shape index (κ1) is 5.92. The molecule has 2 nitrogen and oxygen atoms in total. The molecule has 0 N–H and O–H groups in total. The molecule has 0 aromatic carbocycles. The van der Waals surface area contributed by atoms with Gasteiger partial charge in [0.2, 0.25) is 0 Å². The quantitative estimate of drug-likeness (QED) is 0.469. The molecule has 0 amide bonds. The van der Waals surface area contributed by atoms with Crippen LogP contribution in [0.2, 0.25) is 0 Å². The van der Waals surface area contributed by atoms with Crippen molar-refractivity contribution in [2.45, 2.75) is 25.4 Å². The van der Waals surface area contributed by atoms with Crippen molar-refractivity contribution in [3.05, 3.63) is 12.2 Å². The summed E-state index contributed by atoms with van der Waals surface area (Å²) in [7, 11) is 0. The molecule has 0 aromatic rings. The number of rotatable bonds is 0. The smallest absolute Gasteiger partial charge is 0.0834 e. The van der Waals surface area contributed by atoms with Crippen LogP contribution in [-0.2, 0) is 0 Å². The maximum Gasteiger partial charge on any atom is 0.0834 e. The van der Waals surface area contributed by atoms with E-state index >= 15 is 0 Å². The summed E-state index contributed by atoms with van der Waals surface area (Å²) in [6.45, 7) is 4.40. The number of azo groups is 1. The van der Waals surface area contributed by atoms with Crippen LogP contribution in [0.25, 0.3) is 0 Å². The first-order valence-electron chi connectivity index (χ1n) is 4.30. The molecule has 1 heterocycles. The van der Waals surface area contributed by atoms with Crippen LogP contribution >= 0.6 is 0 Å². The van der Waals surface area contributed by atoms with Crippen LogP contribution in [-0.4, -0.2) is 11.6 Å². The molecule has 0 saturated heterocycles. The topological polar surface area (TPSA) is 24.7 Å². The number of hydrogen-bond acceptors (Lipinski definition) is 2. The van der Waals surface area contributed by atoms with E-state index in [-0.39, 0.29) is 5.54 Å². The maximum atomic E-state index is 4.32. The molecule has 1 fully saturated rings. The fraction of sp³-hybridized carbons (Fsp3) is 0.778. The molecule has 1 aliphatic heterocycles. The normalized spacial score (nSPS) is 54.4. The van der Waals surface area contributed by atoms with Gasteiger partial charge in [0, 0.05) is 11.8 Å². The molecule has 0 bridgehead atoms. The van der Waals surface area contributed by atoms with Gasteiger partial charge in [-0.3, -0.25) is 0 Å². The second-order valence-electron chi connectivity index (χ2n) is 4.43. The van der Waals surface area contributed by atoms with Gasteiger partial charge >= 0.3 is 0 Å². The summed E-state index contributed by atoms with van der Waals surface area (Å²) in [4.78, 5) is 0. The Labute approximate surface area is 66.4 Å². The molecule has 2 heteroatoms. The zero-order chi connectivity index (χ0) is 7.64. The van der Waals surface area contributed by atoms with Crippen molar-refractivity contribution in [2.75, 3.05) is 0 Å². The van der Waals surface area contributed by atoms with Crippen LogP contribution in [0.15, 0.2) is 22.4 Å². The van der Waals surface area contributed by atoms with Gasteiger partial charge < -0.3 is 0 Å².